The van der Waals surface area contributed by atoms with E-state index in [0.29, 0.717) is 18.9 Å². The van der Waals surface area contributed by atoms with E-state index >= 15 is 0 Å². The lowest BCUT2D eigenvalue weighted by Crippen LogP contribution is -2.31. The Balaban J connectivity index is 2.22. The summed E-state index contributed by atoms with van der Waals surface area (Å²) in [6.07, 6.45) is 6.72. The third kappa shape index (κ3) is 5.49. The Hall–Kier alpha value is -0.130. The molecule has 0 aromatic heterocycles. The molecule has 15 heavy (non-hydrogen) atoms. The molecule has 0 amide bonds. The molecular formula is C10H21NO3S. The van der Waals surface area contributed by atoms with Gasteiger partial charge in [-0.05, 0) is 25.2 Å². The summed E-state index contributed by atoms with van der Waals surface area (Å²) < 4.78 is 29.8. The van der Waals surface area contributed by atoms with E-state index in [2.05, 4.69) is 4.72 Å². The summed E-state index contributed by atoms with van der Waals surface area (Å²) in [4.78, 5) is 0. The zero-order valence-electron chi connectivity index (χ0n) is 9.37. The molecule has 90 valence electrons. The second-order valence-corrected chi connectivity index (χ2v) is 5.56. The molecule has 0 atom stereocenters. The first-order valence-corrected chi connectivity index (χ1v) is 7.19. The van der Waals surface area contributed by atoms with E-state index in [9.17, 15) is 8.42 Å². The summed E-state index contributed by atoms with van der Waals surface area (Å²) in [5.41, 5.74) is 0. The lowest BCUT2D eigenvalue weighted by atomic mass is 9.90. The Bertz CT molecular complexity index is 258. The van der Waals surface area contributed by atoms with Gasteiger partial charge in [0.15, 0.2) is 0 Å². The summed E-state index contributed by atoms with van der Waals surface area (Å²) in [6.45, 7) is 2.68. The van der Waals surface area contributed by atoms with Gasteiger partial charge >= 0.3 is 10.3 Å². The van der Waals surface area contributed by atoms with Gasteiger partial charge in [0.2, 0.25) is 0 Å². The highest BCUT2D eigenvalue weighted by molar-refractivity contribution is 7.84. The molecule has 1 aliphatic rings. The maximum atomic E-state index is 11.3. The molecule has 1 N–H and O–H groups in total. The molecule has 0 aromatic carbocycles. The van der Waals surface area contributed by atoms with Crippen molar-refractivity contribution in [3.8, 4) is 0 Å². The molecule has 0 aromatic rings. The van der Waals surface area contributed by atoms with Crippen molar-refractivity contribution >= 4 is 10.3 Å². The highest BCUT2D eigenvalue weighted by Crippen LogP contribution is 2.22. The zero-order chi connectivity index (χ0) is 11.1. The van der Waals surface area contributed by atoms with Gasteiger partial charge in [0.25, 0.3) is 0 Å². The largest absolute Gasteiger partial charge is 0.335 e. The van der Waals surface area contributed by atoms with Gasteiger partial charge in [0.1, 0.15) is 0 Å². The van der Waals surface area contributed by atoms with E-state index in [4.69, 9.17) is 4.18 Å². The molecule has 0 saturated heterocycles. The van der Waals surface area contributed by atoms with Gasteiger partial charge in [0, 0.05) is 6.54 Å². The van der Waals surface area contributed by atoms with Crippen LogP contribution in [0.3, 0.4) is 0 Å². The van der Waals surface area contributed by atoms with Crippen LogP contribution >= 0.6 is 0 Å². The van der Waals surface area contributed by atoms with Gasteiger partial charge in [-0.1, -0.05) is 26.2 Å². The van der Waals surface area contributed by atoms with Crippen molar-refractivity contribution in [2.24, 2.45) is 5.92 Å². The Morgan fingerprint density at radius 3 is 2.53 bits per heavy atom. The van der Waals surface area contributed by atoms with Gasteiger partial charge in [0.05, 0.1) is 6.61 Å². The Morgan fingerprint density at radius 1 is 1.27 bits per heavy atom. The van der Waals surface area contributed by atoms with Crippen LogP contribution in [0, 0.1) is 5.92 Å². The van der Waals surface area contributed by atoms with Crippen LogP contribution in [-0.2, 0) is 14.5 Å². The maximum absolute atomic E-state index is 11.3. The van der Waals surface area contributed by atoms with Crippen molar-refractivity contribution in [1.29, 1.82) is 0 Å². The molecule has 0 bridgehead atoms. The van der Waals surface area contributed by atoms with E-state index in [-0.39, 0.29) is 6.61 Å². The van der Waals surface area contributed by atoms with Crippen molar-refractivity contribution in [1.82, 2.24) is 4.72 Å². The van der Waals surface area contributed by atoms with Crippen LogP contribution in [-0.4, -0.2) is 21.6 Å². The molecule has 1 rings (SSSR count). The second-order valence-electron chi connectivity index (χ2n) is 4.13. The molecule has 1 fully saturated rings. The third-order valence-electron chi connectivity index (χ3n) is 2.72. The van der Waals surface area contributed by atoms with Crippen LogP contribution in [0.1, 0.15) is 45.4 Å². The molecule has 1 aliphatic carbocycles. The van der Waals surface area contributed by atoms with Gasteiger partial charge in [-0.25, -0.2) is 0 Å². The highest BCUT2D eigenvalue weighted by atomic mass is 32.2. The smallest absolute Gasteiger partial charge is 0.258 e. The monoisotopic (exact) mass is 235 g/mol. The summed E-state index contributed by atoms with van der Waals surface area (Å²) in [6, 6.07) is 0. The minimum absolute atomic E-state index is 0.264. The van der Waals surface area contributed by atoms with Gasteiger partial charge in [-0.3, -0.25) is 4.18 Å². The molecule has 0 unspecified atom stereocenters. The van der Waals surface area contributed by atoms with Crippen LogP contribution in [0.2, 0.25) is 0 Å². The normalized spacial score (nSPS) is 19.3. The first-order valence-electron chi connectivity index (χ1n) is 5.78. The lowest BCUT2D eigenvalue weighted by Gasteiger charge is -2.21. The van der Waals surface area contributed by atoms with Gasteiger partial charge < -0.3 is 0 Å². The van der Waals surface area contributed by atoms with E-state index in [1.165, 1.54) is 19.3 Å². The van der Waals surface area contributed by atoms with Crippen LogP contribution < -0.4 is 4.72 Å². The predicted octanol–water partition coefficient (Wildman–Crippen LogP) is 1.83. The zero-order valence-corrected chi connectivity index (χ0v) is 10.2. The average molecular weight is 235 g/mol. The SMILES string of the molecule is CCCOS(=O)(=O)NCC1CCCCC1. The molecule has 5 heteroatoms. The topological polar surface area (TPSA) is 55.4 Å². The summed E-state index contributed by atoms with van der Waals surface area (Å²) in [5.74, 6) is 0.499. The van der Waals surface area contributed by atoms with Crippen LogP contribution in [0.5, 0.6) is 0 Å². The summed E-state index contributed by atoms with van der Waals surface area (Å²) >= 11 is 0. The maximum Gasteiger partial charge on any atom is 0.335 e. The number of hydrogen-bond acceptors (Lipinski definition) is 3. The van der Waals surface area contributed by atoms with Crippen molar-refractivity contribution in [3.05, 3.63) is 0 Å². The number of rotatable bonds is 6. The average Bonchev–Trinajstić information content (AvgIpc) is 2.25. The van der Waals surface area contributed by atoms with Crippen molar-refractivity contribution in [3.63, 3.8) is 0 Å². The number of nitrogens with one attached hydrogen (secondary N) is 1. The standard InChI is InChI=1S/C10H21NO3S/c1-2-8-14-15(12,13)11-9-10-6-4-3-5-7-10/h10-11H,2-9H2,1H3. The van der Waals surface area contributed by atoms with Gasteiger partial charge in [-0.2, -0.15) is 13.1 Å². The quantitative estimate of drug-likeness (QED) is 0.764. The summed E-state index contributed by atoms with van der Waals surface area (Å²) in [5, 5.41) is 0. The molecule has 0 spiro atoms. The Labute approximate surface area is 92.7 Å². The second kappa shape index (κ2) is 6.45. The Kier molecular flexibility index (Phi) is 5.56. The Morgan fingerprint density at radius 2 is 1.93 bits per heavy atom. The third-order valence-corrected chi connectivity index (χ3v) is 3.71. The first kappa shape index (κ1) is 12.9. The van der Waals surface area contributed by atoms with E-state index < -0.39 is 10.3 Å². The fourth-order valence-electron chi connectivity index (χ4n) is 1.85. The van der Waals surface area contributed by atoms with E-state index in [1.807, 2.05) is 6.92 Å². The first-order chi connectivity index (χ1) is 7.14. The van der Waals surface area contributed by atoms with Crippen molar-refractivity contribution in [2.75, 3.05) is 13.2 Å². The van der Waals surface area contributed by atoms with Crippen LogP contribution in [0.4, 0.5) is 0 Å². The van der Waals surface area contributed by atoms with Crippen LogP contribution in [0.25, 0.3) is 0 Å². The molecule has 0 heterocycles. The van der Waals surface area contributed by atoms with Gasteiger partial charge in [-0.15, -0.1) is 0 Å². The van der Waals surface area contributed by atoms with Crippen molar-refractivity contribution in [2.45, 2.75) is 45.4 Å². The molecule has 4 nitrogen and oxygen atoms in total. The molecule has 1 saturated carbocycles. The fraction of sp³-hybridized carbons (Fsp3) is 1.00. The van der Waals surface area contributed by atoms with E-state index in [1.54, 1.807) is 0 Å². The highest BCUT2D eigenvalue weighted by Gasteiger charge is 2.17. The minimum Gasteiger partial charge on any atom is -0.258 e. The predicted molar refractivity (Wildman–Crippen MR) is 59.7 cm³/mol. The summed E-state index contributed by atoms with van der Waals surface area (Å²) in [7, 11) is -3.49. The lowest BCUT2D eigenvalue weighted by molar-refractivity contribution is 0.301. The van der Waals surface area contributed by atoms with Crippen molar-refractivity contribution < 1.29 is 12.6 Å². The fourth-order valence-corrected chi connectivity index (χ4v) is 2.76. The molecule has 0 aliphatic heterocycles. The number of hydrogen-bond donors (Lipinski definition) is 1. The minimum atomic E-state index is -3.49. The van der Waals surface area contributed by atoms with Crippen LogP contribution in [0.15, 0.2) is 0 Å². The molecule has 0 radical (unpaired) electrons. The van der Waals surface area contributed by atoms with E-state index in [0.717, 1.165) is 12.8 Å². The molecular weight excluding hydrogens is 214 g/mol.